The maximum absolute atomic E-state index is 12.8. The molecule has 4 rings (SSSR count). The molecule has 30 heavy (non-hydrogen) atoms. The normalized spacial score (nSPS) is 13.1. The highest BCUT2D eigenvalue weighted by Gasteiger charge is 2.25. The van der Waals surface area contributed by atoms with Crippen molar-refractivity contribution in [1.82, 2.24) is 24.6 Å². The molecule has 0 fully saturated rings. The lowest BCUT2D eigenvalue weighted by Crippen LogP contribution is -2.37. The van der Waals surface area contributed by atoms with Gasteiger partial charge in [-0.05, 0) is 37.1 Å². The molecule has 0 aliphatic carbocycles. The Labute approximate surface area is 175 Å². The summed E-state index contributed by atoms with van der Waals surface area (Å²) in [6.07, 6.45) is 3.22. The van der Waals surface area contributed by atoms with Crippen LogP contribution in [0.3, 0.4) is 0 Å². The van der Waals surface area contributed by atoms with E-state index in [9.17, 15) is 9.59 Å². The molecule has 1 N–H and O–H groups in total. The molecule has 0 radical (unpaired) electrons. The quantitative estimate of drug-likeness (QED) is 0.721. The van der Waals surface area contributed by atoms with Gasteiger partial charge in [0, 0.05) is 43.9 Å². The minimum absolute atomic E-state index is 0.0587. The van der Waals surface area contributed by atoms with Gasteiger partial charge < -0.3 is 4.90 Å². The van der Waals surface area contributed by atoms with Crippen LogP contribution in [0.15, 0.2) is 36.5 Å². The number of nitrogens with one attached hydrogen (secondary N) is 1. The number of benzene rings is 1. The minimum atomic E-state index is -0.239. The van der Waals surface area contributed by atoms with E-state index < -0.39 is 0 Å². The van der Waals surface area contributed by atoms with Crippen molar-refractivity contribution in [3.63, 3.8) is 0 Å². The van der Waals surface area contributed by atoms with Gasteiger partial charge in [0.05, 0.1) is 11.4 Å². The van der Waals surface area contributed by atoms with Crippen molar-refractivity contribution < 1.29 is 9.59 Å². The lowest BCUT2D eigenvalue weighted by atomic mass is 10.1. The Bertz CT molecular complexity index is 1100. The van der Waals surface area contributed by atoms with Crippen LogP contribution < -0.4 is 5.32 Å². The van der Waals surface area contributed by atoms with Gasteiger partial charge >= 0.3 is 0 Å². The first-order valence-electron chi connectivity index (χ1n) is 9.99. The van der Waals surface area contributed by atoms with Crippen LogP contribution in [-0.2, 0) is 26.4 Å². The average Bonchev–Trinajstić information content (AvgIpc) is 3.10. The molecule has 2 aromatic heterocycles. The van der Waals surface area contributed by atoms with Crippen LogP contribution >= 0.6 is 0 Å². The molecule has 8 nitrogen and oxygen atoms in total. The van der Waals surface area contributed by atoms with Crippen molar-refractivity contribution in [2.24, 2.45) is 7.05 Å². The number of carbonyl (C=O) groups excluding carboxylic acids is 2. The van der Waals surface area contributed by atoms with Gasteiger partial charge in [0.25, 0.3) is 11.8 Å². The fourth-order valence-electron chi connectivity index (χ4n) is 3.59. The topological polar surface area (TPSA) is 93.0 Å². The number of fused-ring (bicyclic) bond motifs is 1. The Morgan fingerprint density at radius 1 is 1.20 bits per heavy atom. The van der Waals surface area contributed by atoms with E-state index in [-0.39, 0.29) is 17.8 Å². The lowest BCUT2D eigenvalue weighted by Gasteiger charge is -2.28. The molecule has 0 unspecified atom stereocenters. The van der Waals surface area contributed by atoms with Crippen LogP contribution in [0.25, 0.3) is 0 Å². The molecule has 1 aromatic carbocycles. The maximum Gasteiger partial charge on any atom is 0.272 e. The Hall–Kier alpha value is -3.55. The van der Waals surface area contributed by atoms with E-state index in [1.54, 1.807) is 41.0 Å². The minimum Gasteiger partial charge on any atom is -0.332 e. The van der Waals surface area contributed by atoms with Gasteiger partial charge in [0.15, 0.2) is 0 Å². The summed E-state index contributed by atoms with van der Waals surface area (Å²) in [6.45, 7) is 4.93. The van der Waals surface area contributed by atoms with E-state index in [2.05, 4.69) is 27.3 Å². The first-order valence-corrected chi connectivity index (χ1v) is 9.99. The molecule has 1 aliphatic heterocycles. The largest absolute Gasteiger partial charge is 0.332 e. The molecule has 0 saturated heterocycles. The number of carbonyl (C=O) groups is 2. The van der Waals surface area contributed by atoms with Crippen molar-refractivity contribution in [3.05, 3.63) is 70.3 Å². The molecule has 0 saturated carbocycles. The van der Waals surface area contributed by atoms with Crippen molar-refractivity contribution in [2.45, 2.75) is 33.2 Å². The van der Waals surface area contributed by atoms with Crippen LogP contribution in [0.5, 0.6) is 0 Å². The number of hydrogen-bond donors (Lipinski definition) is 1. The number of hydrogen-bond acceptors (Lipinski definition) is 5. The summed E-state index contributed by atoms with van der Waals surface area (Å²) in [5.74, 6) is -0.0196. The van der Waals surface area contributed by atoms with Crippen LogP contribution in [0.1, 0.15) is 50.3 Å². The predicted octanol–water partition coefficient (Wildman–Crippen LogP) is 2.53. The van der Waals surface area contributed by atoms with E-state index >= 15 is 0 Å². The summed E-state index contributed by atoms with van der Waals surface area (Å²) in [4.78, 5) is 35.8. The fourth-order valence-corrected chi connectivity index (χ4v) is 3.59. The van der Waals surface area contributed by atoms with Crippen molar-refractivity contribution in [1.29, 1.82) is 0 Å². The van der Waals surface area contributed by atoms with Crippen LogP contribution in [0, 0.1) is 6.92 Å². The Balaban J connectivity index is 1.45. The third-order valence-electron chi connectivity index (χ3n) is 5.29. The highest BCUT2D eigenvalue weighted by atomic mass is 16.2. The molecule has 3 heterocycles. The molecule has 8 heteroatoms. The van der Waals surface area contributed by atoms with Gasteiger partial charge in [0.1, 0.15) is 5.69 Å². The summed E-state index contributed by atoms with van der Waals surface area (Å²) >= 11 is 0. The summed E-state index contributed by atoms with van der Waals surface area (Å²) in [6, 6.07) is 9.28. The third kappa shape index (κ3) is 3.94. The Kier molecular flexibility index (Phi) is 5.31. The monoisotopic (exact) mass is 404 g/mol. The first-order chi connectivity index (χ1) is 14.4. The van der Waals surface area contributed by atoms with Gasteiger partial charge in [-0.2, -0.15) is 5.10 Å². The smallest absolute Gasteiger partial charge is 0.272 e. The van der Waals surface area contributed by atoms with Crippen molar-refractivity contribution >= 4 is 17.8 Å². The highest BCUT2D eigenvalue weighted by Crippen LogP contribution is 2.20. The highest BCUT2D eigenvalue weighted by molar-refractivity contribution is 6.03. The standard InChI is InChI=1S/C22H24N6O2/c1-4-15-5-7-16(8-6-15)20(29)25-22-23-12-17-13-28(10-9-18(17)24-22)21(30)19-11-14(2)26-27(19)3/h5-8,11-12H,4,9-10,13H2,1-3H3,(H,23,24,25,29). The maximum atomic E-state index is 12.8. The Morgan fingerprint density at radius 3 is 2.63 bits per heavy atom. The molecular weight excluding hydrogens is 380 g/mol. The summed E-state index contributed by atoms with van der Waals surface area (Å²) in [5.41, 5.74) is 4.86. The Morgan fingerprint density at radius 2 is 1.97 bits per heavy atom. The SMILES string of the molecule is CCc1ccc(C(=O)Nc2ncc3c(n2)CCN(C(=O)c2cc(C)nn2C)C3)cc1. The molecule has 1 aliphatic rings. The van der Waals surface area contributed by atoms with Crippen LogP contribution in [0.2, 0.25) is 0 Å². The van der Waals surface area contributed by atoms with Gasteiger partial charge in [-0.3, -0.25) is 19.6 Å². The molecule has 0 spiro atoms. The predicted molar refractivity (Wildman–Crippen MR) is 112 cm³/mol. The van der Waals surface area contributed by atoms with E-state index in [4.69, 9.17) is 0 Å². The first kappa shape index (κ1) is 19.8. The summed E-state index contributed by atoms with van der Waals surface area (Å²) < 4.78 is 1.61. The zero-order chi connectivity index (χ0) is 21.3. The number of anilines is 1. The molecule has 2 amide bonds. The van der Waals surface area contributed by atoms with E-state index in [0.717, 1.165) is 23.4 Å². The van der Waals surface area contributed by atoms with Crippen molar-refractivity contribution in [2.75, 3.05) is 11.9 Å². The van der Waals surface area contributed by atoms with Gasteiger partial charge in [0.2, 0.25) is 5.95 Å². The number of amides is 2. The second-order valence-corrected chi connectivity index (χ2v) is 7.44. The molecule has 3 aromatic rings. The number of rotatable bonds is 4. The van der Waals surface area contributed by atoms with Gasteiger partial charge in [-0.15, -0.1) is 0 Å². The van der Waals surface area contributed by atoms with Crippen LogP contribution in [-0.4, -0.2) is 43.0 Å². The average molecular weight is 404 g/mol. The van der Waals surface area contributed by atoms with E-state index in [0.29, 0.717) is 30.8 Å². The molecule has 154 valence electrons. The lowest BCUT2D eigenvalue weighted by molar-refractivity contribution is 0.0722. The molecule has 0 atom stereocenters. The van der Waals surface area contributed by atoms with Gasteiger partial charge in [-0.1, -0.05) is 19.1 Å². The zero-order valence-electron chi connectivity index (χ0n) is 17.3. The number of nitrogens with zero attached hydrogens (tertiary/aromatic N) is 5. The van der Waals surface area contributed by atoms with Crippen LogP contribution in [0.4, 0.5) is 5.95 Å². The molecule has 0 bridgehead atoms. The van der Waals surface area contributed by atoms with Gasteiger partial charge in [-0.25, -0.2) is 9.97 Å². The second kappa shape index (κ2) is 8.06. The fraction of sp³-hybridized carbons (Fsp3) is 0.318. The van der Waals surface area contributed by atoms with E-state index in [1.807, 2.05) is 19.1 Å². The zero-order valence-corrected chi connectivity index (χ0v) is 17.3. The summed E-state index contributed by atoms with van der Waals surface area (Å²) in [7, 11) is 1.77. The van der Waals surface area contributed by atoms with Crippen molar-refractivity contribution in [3.8, 4) is 0 Å². The number of aryl methyl sites for hydroxylation is 3. The second-order valence-electron chi connectivity index (χ2n) is 7.44. The third-order valence-corrected chi connectivity index (χ3v) is 5.29. The summed E-state index contributed by atoms with van der Waals surface area (Å²) in [5, 5.41) is 7.01. The van der Waals surface area contributed by atoms with E-state index in [1.165, 1.54) is 5.56 Å². The molecular formula is C22H24N6O2. The number of aromatic nitrogens is 4.